The molecule has 2 aromatic rings. The molecule has 8 nitrogen and oxygen atoms in total. The lowest BCUT2D eigenvalue weighted by atomic mass is 10.4. The van der Waals surface area contributed by atoms with Crippen molar-refractivity contribution in [3.05, 3.63) is 12.2 Å². The van der Waals surface area contributed by atoms with E-state index in [1.807, 2.05) is 0 Å². The minimum absolute atomic E-state index is 0.281. The van der Waals surface area contributed by atoms with Crippen LogP contribution >= 0.6 is 0 Å². The van der Waals surface area contributed by atoms with E-state index < -0.39 is 0 Å². The standard InChI is InChI=1S/C5H7N7O/c6-5-8-10-11-12(5)2-1-4-7-3-13-9-4/h3H,1-2H2,(H2,6,8,11). The molecule has 0 saturated heterocycles. The number of nitrogen functional groups attached to an aromatic ring is 1. The Balaban J connectivity index is 1.97. The summed E-state index contributed by atoms with van der Waals surface area (Å²) in [4.78, 5) is 3.84. The summed E-state index contributed by atoms with van der Waals surface area (Å²) < 4.78 is 6.03. The van der Waals surface area contributed by atoms with Crippen LogP contribution in [0.4, 0.5) is 5.95 Å². The van der Waals surface area contributed by atoms with E-state index in [9.17, 15) is 0 Å². The third-order valence-corrected chi connectivity index (χ3v) is 1.51. The van der Waals surface area contributed by atoms with Gasteiger partial charge in [0.05, 0.1) is 6.54 Å². The fourth-order valence-electron chi connectivity index (χ4n) is 0.879. The summed E-state index contributed by atoms with van der Waals surface area (Å²) in [6.45, 7) is 0.540. The topological polar surface area (TPSA) is 109 Å². The summed E-state index contributed by atoms with van der Waals surface area (Å²) in [6, 6.07) is 0. The Morgan fingerprint density at radius 2 is 2.46 bits per heavy atom. The van der Waals surface area contributed by atoms with Crippen molar-refractivity contribution in [2.75, 3.05) is 5.73 Å². The number of nitrogens with zero attached hydrogens (tertiary/aromatic N) is 6. The monoisotopic (exact) mass is 181 g/mol. The van der Waals surface area contributed by atoms with Crippen molar-refractivity contribution in [1.29, 1.82) is 0 Å². The quantitative estimate of drug-likeness (QED) is 0.638. The van der Waals surface area contributed by atoms with Crippen LogP contribution in [0.5, 0.6) is 0 Å². The van der Waals surface area contributed by atoms with Gasteiger partial charge < -0.3 is 10.3 Å². The predicted molar refractivity (Wildman–Crippen MR) is 40.2 cm³/mol. The number of rotatable bonds is 3. The number of anilines is 1. The van der Waals surface area contributed by atoms with Gasteiger partial charge in [0.1, 0.15) is 0 Å². The Kier molecular flexibility index (Phi) is 1.87. The third kappa shape index (κ3) is 1.60. The van der Waals surface area contributed by atoms with Crippen molar-refractivity contribution in [3.8, 4) is 0 Å². The zero-order valence-corrected chi connectivity index (χ0v) is 6.66. The van der Waals surface area contributed by atoms with E-state index in [-0.39, 0.29) is 5.95 Å². The van der Waals surface area contributed by atoms with E-state index in [0.29, 0.717) is 18.8 Å². The first kappa shape index (κ1) is 7.65. The van der Waals surface area contributed by atoms with E-state index in [0.717, 1.165) is 0 Å². The van der Waals surface area contributed by atoms with Gasteiger partial charge in [-0.15, -0.1) is 0 Å². The molecule has 2 heterocycles. The van der Waals surface area contributed by atoms with Crippen molar-refractivity contribution in [1.82, 2.24) is 30.3 Å². The Morgan fingerprint density at radius 3 is 3.08 bits per heavy atom. The molecule has 0 aliphatic heterocycles. The Labute approximate surface area is 72.7 Å². The minimum atomic E-state index is 0.281. The molecule has 0 saturated carbocycles. The molecule has 0 atom stereocenters. The Bertz CT molecular complexity index is 366. The molecule has 68 valence electrons. The zero-order chi connectivity index (χ0) is 9.10. The van der Waals surface area contributed by atoms with Gasteiger partial charge in [-0.05, 0) is 10.4 Å². The summed E-state index contributed by atoms with van der Waals surface area (Å²) in [5.41, 5.74) is 5.44. The summed E-state index contributed by atoms with van der Waals surface area (Å²) >= 11 is 0. The van der Waals surface area contributed by atoms with Gasteiger partial charge in [0.25, 0.3) is 0 Å². The van der Waals surface area contributed by atoms with Crippen LogP contribution in [0.2, 0.25) is 0 Å². The predicted octanol–water partition coefficient (Wildman–Crippen LogP) is -1.12. The van der Waals surface area contributed by atoms with Crippen LogP contribution in [-0.2, 0) is 13.0 Å². The van der Waals surface area contributed by atoms with Gasteiger partial charge in [-0.1, -0.05) is 10.3 Å². The van der Waals surface area contributed by atoms with Gasteiger partial charge in [0.15, 0.2) is 5.82 Å². The minimum Gasteiger partial charge on any atom is -0.367 e. The second kappa shape index (κ2) is 3.17. The second-order valence-corrected chi connectivity index (χ2v) is 2.36. The largest absolute Gasteiger partial charge is 0.367 e. The molecular formula is C5H7N7O. The van der Waals surface area contributed by atoms with E-state index in [1.165, 1.54) is 11.1 Å². The zero-order valence-electron chi connectivity index (χ0n) is 6.66. The van der Waals surface area contributed by atoms with Crippen LogP contribution in [0, 0.1) is 0 Å². The van der Waals surface area contributed by atoms with E-state index in [1.54, 1.807) is 0 Å². The SMILES string of the molecule is Nc1nnnn1CCc1ncon1. The van der Waals surface area contributed by atoms with Gasteiger partial charge in [0, 0.05) is 6.42 Å². The van der Waals surface area contributed by atoms with Crippen LogP contribution in [0.3, 0.4) is 0 Å². The number of hydrogen-bond donors (Lipinski definition) is 1. The fourth-order valence-corrected chi connectivity index (χ4v) is 0.879. The molecule has 13 heavy (non-hydrogen) atoms. The van der Waals surface area contributed by atoms with Gasteiger partial charge in [0.2, 0.25) is 12.3 Å². The van der Waals surface area contributed by atoms with Crippen LogP contribution in [0.25, 0.3) is 0 Å². The molecule has 0 spiro atoms. The normalized spacial score (nSPS) is 10.5. The molecule has 2 aromatic heterocycles. The molecule has 2 rings (SSSR count). The van der Waals surface area contributed by atoms with Gasteiger partial charge in [-0.3, -0.25) is 0 Å². The summed E-state index contributed by atoms with van der Waals surface area (Å²) in [7, 11) is 0. The van der Waals surface area contributed by atoms with Crippen LogP contribution in [0.1, 0.15) is 5.82 Å². The van der Waals surface area contributed by atoms with Gasteiger partial charge in [-0.2, -0.15) is 4.98 Å². The number of aromatic nitrogens is 6. The van der Waals surface area contributed by atoms with Gasteiger partial charge in [-0.25, -0.2) is 4.68 Å². The first-order valence-electron chi connectivity index (χ1n) is 3.63. The summed E-state index contributed by atoms with van der Waals surface area (Å²) in [5.74, 6) is 0.887. The Morgan fingerprint density at radius 1 is 1.54 bits per heavy atom. The van der Waals surface area contributed by atoms with Gasteiger partial charge >= 0.3 is 0 Å². The molecule has 0 aromatic carbocycles. The number of hydrogen-bond acceptors (Lipinski definition) is 7. The van der Waals surface area contributed by atoms with Crippen LogP contribution in [0.15, 0.2) is 10.9 Å². The van der Waals surface area contributed by atoms with Crippen LogP contribution in [-0.4, -0.2) is 30.3 Å². The highest BCUT2D eigenvalue weighted by atomic mass is 16.5. The summed E-state index contributed by atoms with van der Waals surface area (Å²) in [5, 5.41) is 14.2. The maximum absolute atomic E-state index is 5.44. The lowest BCUT2D eigenvalue weighted by Gasteiger charge is -1.96. The molecule has 8 heteroatoms. The maximum atomic E-state index is 5.44. The molecule has 0 fully saturated rings. The molecule has 0 aliphatic rings. The maximum Gasteiger partial charge on any atom is 0.240 e. The van der Waals surface area contributed by atoms with E-state index in [4.69, 9.17) is 5.73 Å². The molecule has 0 amide bonds. The lowest BCUT2D eigenvalue weighted by molar-refractivity contribution is 0.407. The third-order valence-electron chi connectivity index (χ3n) is 1.51. The van der Waals surface area contributed by atoms with Crippen LogP contribution < -0.4 is 5.73 Å². The smallest absolute Gasteiger partial charge is 0.240 e. The lowest BCUT2D eigenvalue weighted by Crippen LogP contribution is -2.08. The average molecular weight is 181 g/mol. The van der Waals surface area contributed by atoms with Crippen molar-refractivity contribution in [2.24, 2.45) is 0 Å². The van der Waals surface area contributed by atoms with E-state index in [2.05, 4.69) is 30.2 Å². The van der Waals surface area contributed by atoms with E-state index >= 15 is 0 Å². The highest BCUT2D eigenvalue weighted by molar-refractivity contribution is 5.09. The van der Waals surface area contributed by atoms with Crippen molar-refractivity contribution in [2.45, 2.75) is 13.0 Å². The molecule has 0 radical (unpaired) electrons. The molecule has 2 N–H and O–H groups in total. The number of aryl methyl sites for hydroxylation is 2. The first-order valence-corrected chi connectivity index (χ1v) is 3.63. The van der Waals surface area contributed by atoms with Crippen molar-refractivity contribution >= 4 is 5.95 Å². The number of tetrazole rings is 1. The van der Waals surface area contributed by atoms with Crippen molar-refractivity contribution < 1.29 is 4.52 Å². The Hall–Kier alpha value is -1.99. The molecule has 0 aliphatic carbocycles. The first-order chi connectivity index (χ1) is 6.36. The number of nitrogens with two attached hydrogens (primary N) is 1. The summed E-state index contributed by atoms with van der Waals surface area (Å²) in [6.07, 6.45) is 1.87. The average Bonchev–Trinajstić information content (AvgIpc) is 2.72. The molecule has 0 bridgehead atoms. The van der Waals surface area contributed by atoms with Crippen molar-refractivity contribution in [3.63, 3.8) is 0 Å². The highest BCUT2D eigenvalue weighted by Crippen LogP contribution is 1.96. The second-order valence-electron chi connectivity index (χ2n) is 2.36. The molecule has 0 unspecified atom stereocenters. The highest BCUT2D eigenvalue weighted by Gasteiger charge is 2.03. The fraction of sp³-hybridized carbons (Fsp3) is 0.400. The molecular weight excluding hydrogens is 174 g/mol.